The van der Waals surface area contributed by atoms with Crippen molar-refractivity contribution in [1.29, 1.82) is 0 Å². The molecular formula is C97H128F8N20O12S4. The maximum Gasteiger partial charge on any atom is 0.280 e. The molecular weight excluding hydrogens is 1920 g/mol. The molecule has 7 aliphatic rings. The number of pyridine rings is 4. The summed E-state index contributed by atoms with van der Waals surface area (Å²) >= 11 is 4.14. The summed E-state index contributed by atoms with van der Waals surface area (Å²) < 4.78 is 118. The Morgan fingerprint density at radius 1 is 0.404 bits per heavy atom. The number of alkyl halides is 8. The van der Waals surface area contributed by atoms with Crippen molar-refractivity contribution in [2.24, 2.45) is 0 Å². The standard InChI is InChI=1S/2C25H33F2N5O3S.C24H31F2N5O3S.C23H31F2N5O3S/c1-5-15(3)29-19-10-14(2)18(12-28-19)21-20(24(34)32-13-25(26,27)11-16(32)4)31-23(36-21)22(33)30-17-6-8-35-9-7-17;1-5-14(3)29-19-9-13(2)16(11-28-19)21-20(24(35)32-12-25(26,27)10-15(32)4)31-23(36-21)22(34)30-17-7-6-8-18(17)33;1-12(2)28-18-8-13(3)15(10-27-18)20-19(23(34)31-11-24(25,26)9-14(31)4)30-22(35-20)21(33)29-16-6-5-7-17(16)32;1-6-13(3)27-17-7-12(2)16(9-26-17)19-18(22(33)30-11-23(24,25)8-15(30)5)29-21(34-19)20(32)28-14(4)10-31/h10,12,15-17H,5-9,11,13H2,1-4H3,(H,28,29)(H,30,33);9,11,14-15,17-18,33H,5-8,10,12H2,1-4H3,(H,28,29)(H,30,34);8,10,12,14,16-17,32H,5-7,9,11H2,1-4H3,(H,27,28)(H,29,33);7,9,13-15,31H,6,8,10-11H2,1-5H3,(H,26,27)(H,28,32)/t15-,16+;14-,15+,17+,18+;14-,16-,17-;13-,14-,15+/m1101/s1. The van der Waals surface area contributed by atoms with Crippen molar-refractivity contribution < 1.29 is 93.5 Å². The lowest BCUT2D eigenvalue weighted by molar-refractivity contribution is 0.0115. The molecule has 0 unspecified atom stereocenters. The number of halogens is 8. The van der Waals surface area contributed by atoms with Gasteiger partial charge in [-0.3, -0.25) is 38.4 Å². The number of carbonyl (C=O) groups is 8. The molecule has 768 valence electrons. The largest absolute Gasteiger partial charge is 0.394 e. The average Bonchev–Trinajstić information content (AvgIpc) is 1.64. The van der Waals surface area contributed by atoms with Gasteiger partial charge in [-0.1, -0.05) is 20.8 Å². The number of aliphatic hydroxyl groups is 3. The number of nitrogens with zero attached hydrogens (tertiary/aromatic N) is 12. The van der Waals surface area contributed by atoms with Crippen LogP contribution >= 0.6 is 45.3 Å². The van der Waals surface area contributed by atoms with Crippen LogP contribution in [0.3, 0.4) is 0 Å². The lowest BCUT2D eigenvalue weighted by atomic mass is 10.1. The van der Waals surface area contributed by atoms with Crippen molar-refractivity contribution in [2.75, 3.05) is 67.3 Å². The molecule has 8 amide bonds. The van der Waals surface area contributed by atoms with Crippen LogP contribution in [0.5, 0.6) is 0 Å². The highest BCUT2D eigenvalue weighted by molar-refractivity contribution is 7.18. The van der Waals surface area contributed by atoms with Crippen LogP contribution in [0.25, 0.3) is 41.8 Å². The molecule has 11 N–H and O–H groups in total. The third-order valence-electron chi connectivity index (χ3n) is 25.9. The second-order valence-electron chi connectivity index (χ2n) is 38.4. The summed E-state index contributed by atoms with van der Waals surface area (Å²) in [5.41, 5.74) is 5.61. The summed E-state index contributed by atoms with van der Waals surface area (Å²) in [6, 6.07) is 4.36. The molecule has 2 aliphatic carbocycles. The fourth-order valence-electron chi connectivity index (χ4n) is 17.6. The van der Waals surface area contributed by atoms with Crippen LogP contribution in [0.1, 0.15) is 290 Å². The summed E-state index contributed by atoms with van der Waals surface area (Å²) in [5.74, 6) is -13.6. The first kappa shape index (κ1) is 109. The third-order valence-corrected chi connectivity index (χ3v) is 30.3. The molecule has 8 aromatic rings. The van der Waals surface area contributed by atoms with E-state index in [1.807, 2.05) is 79.7 Å². The Morgan fingerprint density at radius 2 is 0.674 bits per heavy atom. The number of amides is 8. The number of thiazole rings is 4. The van der Waals surface area contributed by atoms with Gasteiger partial charge in [0.25, 0.3) is 70.9 Å². The molecule has 141 heavy (non-hydrogen) atoms. The monoisotopic (exact) mass is 2040 g/mol. The normalized spacial score (nSPS) is 21.9. The minimum absolute atomic E-state index is 0.00853. The Kier molecular flexibility index (Phi) is 35.9. The number of anilines is 4. The SMILES string of the molecule is CC[C@@H](C)Nc1cc(C)c(-c2sc(C(=O)NC3CCOCC3)nc2C(=O)N2CC(F)(F)C[C@@H]2C)cn1.CC[C@@H](C)Nc1cc(C)c(-c2sc(C(=O)N[C@H](C)CO)nc2C(=O)N2CC(F)(F)C[C@@H]2C)cn1.CC[C@@H](C)Nc1cc(C)c(-c2sc(C(=O)N[C@H]3CCC[C@@H]3O)nc2C(=O)N2CC(F)(F)C[C@@H]2C)cn1.Cc1cc(NC(C)C)ncc1-c1sc(C(=O)N[C@H]2CCC[C@@H]2O)nc1C(=O)N1CC(F)(F)C[C@@H]1C. The molecule has 0 bridgehead atoms. The van der Waals surface area contributed by atoms with E-state index in [0.29, 0.717) is 117 Å². The molecule has 7 fully saturated rings. The van der Waals surface area contributed by atoms with Crippen molar-refractivity contribution in [2.45, 2.75) is 322 Å². The van der Waals surface area contributed by atoms with Gasteiger partial charge in [-0.2, -0.15) is 0 Å². The molecule has 5 aliphatic heterocycles. The van der Waals surface area contributed by atoms with Crippen LogP contribution in [-0.4, -0.2) is 276 Å². The summed E-state index contributed by atoms with van der Waals surface area (Å²) in [7, 11) is 0. The molecule has 32 nitrogen and oxygen atoms in total. The summed E-state index contributed by atoms with van der Waals surface area (Å²) in [6.45, 7) is 29.9. The van der Waals surface area contributed by atoms with Gasteiger partial charge < -0.3 is 82.2 Å². The lowest BCUT2D eigenvalue weighted by Crippen LogP contribution is -2.40. The zero-order chi connectivity index (χ0) is 103. The average molecular weight is 2050 g/mol. The molecule has 2 saturated carbocycles. The number of aromatic nitrogens is 8. The van der Waals surface area contributed by atoms with E-state index < -0.39 is 159 Å². The maximum absolute atomic E-state index is 14.1. The Morgan fingerprint density at radius 3 is 0.908 bits per heavy atom. The van der Waals surface area contributed by atoms with Crippen molar-refractivity contribution >= 4 is 116 Å². The Labute approximate surface area is 830 Å². The first-order valence-electron chi connectivity index (χ1n) is 48.0. The second-order valence-corrected chi connectivity index (χ2v) is 42.4. The maximum atomic E-state index is 14.1. The molecule has 8 aromatic heterocycles. The van der Waals surface area contributed by atoms with E-state index in [1.165, 1.54) is 0 Å². The first-order valence-corrected chi connectivity index (χ1v) is 51.2. The van der Waals surface area contributed by atoms with Gasteiger partial charge in [0.1, 0.15) is 46.0 Å². The number of hydrogen-bond donors (Lipinski definition) is 11. The highest BCUT2D eigenvalue weighted by Gasteiger charge is 2.51. The number of likely N-dealkylation sites (tertiary alicyclic amines) is 4. The molecule has 0 radical (unpaired) electrons. The van der Waals surface area contributed by atoms with Gasteiger partial charge in [-0.15, -0.1) is 45.3 Å². The Bertz CT molecular complexity index is 5820. The van der Waals surface area contributed by atoms with Crippen LogP contribution in [0.4, 0.5) is 58.4 Å². The summed E-state index contributed by atoms with van der Waals surface area (Å²) in [4.78, 5) is 147. The molecule has 13 heterocycles. The number of carbonyl (C=O) groups excluding carboxylic acids is 8. The van der Waals surface area contributed by atoms with Gasteiger partial charge >= 0.3 is 0 Å². The van der Waals surface area contributed by atoms with E-state index in [9.17, 15) is 88.8 Å². The first-order chi connectivity index (χ1) is 66.5. The predicted molar refractivity (Wildman–Crippen MR) is 527 cm³/mol. The van der Waals surface area contributed by atoms with Crippen LogP contribution < -0.4 is 42.5 Å². The number of aryl methyl sites for hydroxylation is 4. The van der Waals surface area contributed by atoms with Gasteiger partial charge in [-0.05, 0) is 214 Å². The van der Waals surface area contributed by atoms with Crippen LogP contribution in [-0.2, 0) is 4.74 Å². The number of rotatable bonds is 28. The van der Waals surface area contributed by atoms with Crippen molar-refractivity contribution in [3.63, 3.8) is 0 Å². The van der Waals surface area contributed by atoms with Gasteiger partial charge in [0.15, 0.2) is 20.0 Å². The van der Waals surface area contributed by atoms with E-state index in [2.05, 4.69) is 110 Å². The molecule has 0 aromatic carbocycles. The van der Waals surface area contributed by atoms with Crippen LogP contribution in [0, 0.1) is 27.7 Å². The Balaban J connectivity index is 0.000000168. The second kappa shape index (κ2) is 46.4. The third kappa shape index (κ3) is 27.3. The zero-order valence-corrected chi connectivity index (χ0v) is 85.6. The van der Waals surface area contributed by atoms with Gasteiger partial charge in [0, 0.05) is 146 Å². The quantitative estimate of drug-likeness (QED) is 0.0203. The predicted octanol–water partition coefficient (Wildman–Crippen LogP) is 16.3. The number of hydrogen-bond acceptors (Lipinski definition) is 28. The molecule has 15 rings (SSSR count). The minimum atomic E-state index is -2.97. The molecule has 5 saturated heterocycles. The van der Waals surface area contributed by atoms with Crippen molar-refractivity contribution in [3.05, 3.63) is 114 Å². The molecule has 44 heteroatoms. The molecule has 12 atom stereocenters. The minimum Gasteiger partial charge on any atom is -0.394 e. The zero-order valence-electron chi connectivity index (χ0n) is 82.3. The van der Waals surface area contributed by atoms with E-state index in [0.717, 1.165) is 119 Å². The highest BCUT2D eigenvalue weighted by Crippen LogP contribution is 2.45. The van der Waals surface area contributed by atoms with Crippen LogP contribution in [0.2, 0.25) is 0 Å². The molecule has 0 spiro atoms. The van der Waals surface area contributed by atoms with Crippen LogP contribution in [0.15, 0.2) is 49.1 Å². The van der Waals surface area contributed by atoms with E-state index in [-0.39, 0.29) is 97.6 Å². The van der Waals surface area contributed by atoms with Crippen molar-refractivity contribution in [3.8, 4) is 41.8 Å². The lowest BCUT2D eigenvalue weighted by Gasteiger charge is -2.22. The highest BCUT2D eigenvalue weighted by atomic mass is 32.1. The van der Waals surface area contributed by atoms with Gasteiger partial charge in [0.05, 0.1) is 76.6 Å². The fourth-order valence-corrected chi connectivity index (χ4v) is 21.7. The fraction of sp³-hybridized carbons (Fsp3) is 0.588. The van der Waals surface area contributed by atoms with Gasteiger partial charge in [-0.25, -0.2) is 75.0 Å². The van der Waals surface area contributed by atoms with Gasteiger partial charge in [0.2, 0.25) is 0 Å². The number of ether oxygens (including phenoxy) is 1. The summed E-state index contributed by atoms with van der Waals surface area (Å²) in [6.07, 6.45) is 11.9. The summed E-state index contributed by atoms with van der Waals surface area (Å²) in [5, 5.41) is 54.0. The topological polar surface area (TPSA) is 419 Å². The number of nitrogens with one attached hydrogen (secondary N) is 8. The Hall–Kier alpha value is -10.6. The number of aliphatic hydroxyl groups excluding tert-OH is 3. The van der Waals surface area contributed by atoms with E-state index >= 15 is 0 Å². The van der Waals surface area contributed by atoms with E-state index in [1.54, 1.807) is 59.4 Å². The van der Waals surface area contributed by atoms with Crippen molar-refractivity contribution in [1.82, 2.24) is 80.7 Å². The smallest absolute Gasteiger partial charge is 0.280 e. The van der Waals surface area contributed by atoms with E-state index in [4.69, 9.17) is 4.74 Å².